The largest absolute Gasteiger partial charge is 0.315 e. The molecule has 2 heteroatoms. The topological polar surface area (TPSA) is 35.8 Å². The molecule has 1 fully saturated rings. The van der Waals surface area contributed by atoms with E-state index in [2.05, 4.69) is 18.3 Å². The molecule has 1 aliphatic rings. The molecular formula is C13H24N2. The van der Waals surface area contributed by atoms with Crippen LogP contribution in [0.4, 0.5) is 0 Å². The third kappa shape index (κ3) is 5.18. The molecule has 3 unspecified atom stereocenters. The van der Waals surface area contributed by atoms with Gasteiger partial charge in [-0.2, -0.15) is 5.26 Å². The smallest absolute Gasteiger partial charge is 0.0666 e. The van der Waals surface area contributed by atoms with Crippen LogP contribution in [0.3, 0.4) is 0 Å². The summed E-state index contributed by atoms with van der Waals surface area (Å²) in [7, 11) is 0. The molecule has 0 aromatic rings. The van der Waals surface area contributed by atoms with Gasteiger partial charge in [-0.25, -0.2) is 0 Å². The lowest BCUT2D eigenvalue weighted by Gasteiger charge is -2.26. The standard InChI is InChI=1S/C13H24N2/c1-11-4-3-5-13(8-11)6-7-15-10-12(2)9-14/h11-13,15H,3-8,10H2,1-2H3. The van der Waals surface area contributed by atoms with Crippen LogP contribution in [0.25, 0.3) is 0 Å². The van der Waals surface area contributed by atoms with Crippen LogP contribution in [0.5, 0.6) is 0 Å². The van der Waals surface area contributed by atoms with Crippen LogP contribution >= 0.6 is 0 Å². The van der Waals surface area contributed by atoms with E-state index in [1.54, 1.807) is 0 Å². The van der Waals surface area contributed by atoms with Crippen molar-refractivity contribution in [1.82, 2.24) is 5.32 Å². The van der Waals surface area contributed by atoms with Gasteiger partial charge in [-0.05, 0) is 38.1 Å². The van der Waals surface area contributed by atoms with E-state index in [0.29, 0.717) is 0 Å². The Morgan fingerprint density at radius 1 is 1.47 bits per heavy atom. The van der Waals surface area contributed by atoms with Gasteiger partial charge < -0.3 is 5.32 Å². The van der Waals surface area contributed by atoms with Crippen molar-refractivity contribution >= 4 is 0 Å². The van der Waals surface area contributed by atoms with Crippen LogP contribution < -0.4 is 5.32 Å². The van der Waals surface area contributed by atoms with E-state index in [1.807, 2.05) is 6.92 Å². The zero-order valence-electron chi connectivity index (χ0n) is 10.1. The van der Waals surface area contributed by atoms with Gasteiger partial charge in [-0.15, -0.1) is 0 Å². The maximum Gasteiger partial charge on any atom is 0.0666 e. The Morgan fingerprint density at radius 3 is 2.93 bits per heavy atom. The Kier molecular flexibility index (Phi) is 5.71. The van der Waals surface area contributed by atoms with Gasteiger partial charge in [0.05, 0.1) is 12.0 Å². The molecule has 1 N–H and O–H groups in total. The van der Waals surface area contributed by atoms with Crippen molar-refractivity contribution in [2.75, 3.05) is 13.1 Å². The first-order chi connectivity index (χ1) is 7.22. The number of rotatable bonds is 5. The third-order valence-electron chi connectivity index (χ3n) is 3.45. The number of nitrogens with one attached hydrogen (secondary N) is 1. The van der Waals surface area contributed by atoms with E-state index in [-0.39, 0.29) is 5.92 Å². The summed E-state index contributed by atoms with van der Waals surface area (Å²) in [6, 6.07) is 2.25. The molecule has 3 atom stereocenters. The first kappa shape index (κ1) is 12.5. The fraction of sp³-hybridized carbons (Fsp3) is 0.923. The predicted molar refractivity (Wildman–Crippen MR) is 63.4 cm³/mol. The summed E-state index contributed by atoms with van der Waals surface area (Å²) in [4.78, 5) is 0. The monoisotopic (exact) mass is 208 g/mol. The molecule has 0 aliphatic heterocycles. The lowest BCUT2D eigenvalue weighted by Crippen LogP contribution is -2.24. The zero-order valence-corrected chi connectivity index (χ0v) is 10.1. The van der Waals surface area contributed by atoms with Crippen molar-refractivity contribution in [3.63, 3.8) is 0 Å². The highest BCUT2D eigenvalue weighted by Crippen LogP contribution is 2.30. The Morgan fingerprint density at radius 2 is 2.27 bits per heavy atom. The molecule has 1 aliphatic carbocycles. The number of nitriles is 1. The molecule has 0 heterocycles. The lowest BCUT2D eigenvalue weighted by molar-refractivity contribution is 0.267. The van der Waals surface area contributed by atoms with Crippen molar-refractivity contribution in [3.05, 3.63) is 0 Å². The van der Waals surface area contributed by atoms with Crippen LogP contribution in [-0.4, -0.2) is 13.1 Å². The maximum absolute atomic E-state index is 8.63. The number of hydrogen-bond donors (Lipinski definition) is 1. The van der Waals surface area contributed by atoms with E-state index in [0.717, 1.165) is 24.9 Å². The number of hydrogen-bond acceptors (Lipinski definition) is 2. The second-order valence-corrected chi connectivity index (χ2v) is 5.16. The van der Waals surface area contributed by atoms with Gasteiger partial charge in [0.2, 0.25) is 0 Å². The van der Waals surface area contributed by atoms with Crippen LogP contribution in [0.2, 0.25) is 0 Å². The molecule has 0 spiro atoms. The van der Waals surface area contributed by atoms with E-state index < -0.39 is 0 Å². The van der Waals surface area contributed by atoms with Gasteiger partial charge in [0.25, 0.3) is 0 Å². The minimum absolute atomic E-state index is 0.148. The quantitative estimate of drug-likeness (QED) is 0.705. The van der Waals surface area contributed by atoms with Gasteiger partial charge in [-0.3, -0.25) is 0 Å². The highest BCUT2D eigenvalue weighted by molar-refractivity contribution is 4.80. The zero-order chi connectivity index (χ0) is 11.1. The predicted octanol–water partition coefficient (Wildman–Crippen LogP) is 2.95. The van der Waals surface area contributed by atoms with Crippen LogP contribution in [0.15, 0.2) is 0 Å². The van der Waals surface area contributed by atoms with Crippen molar-refractivity contribution in [1.29, 1.82) is 5.26 Å². The van der Waals surface area contributed by atoms with Crippen molar-refractivity contribution < 1.29 is 0 Å². The van der Waals surface area contributed by atoms with Crippen molar-refractivity contribution in [2.24, 2.45) is 17.8 Å². The second-order valence-electron chi connectivity index (χ2n) is 5.16. The minimum Gasteiger partial charge on any atom is -0.315 e. The average molecular weight is 208 g/mol. The normalized spacial score (nSPS) is 28.3. The van der Waals surface area contributed by atoms with E-state index in [4.69, 9.17) is 5.26 Å². The van der Waals surface area contributed by atoms with Crippen molar-refractivity contribution in [2.45, 2.75) is 46.0 Å². The van der Waals surface area contributed by atoms with Gasteiger partial charge in [0.1, 0.15) is 0 Å². The average Bonchev–Trinajstić information content (AvgIpc) is 2.24. The summed E-state index contributed by atoms with van der Waals surface area (Å²) in [6.07, 6.45) is 6.97. The van der Waals surface area contributed by atoms with E-state index in [1.165, 1.54) is 32.1 Å². The fourth-order valence-electron chi connectivity index (χ4n) is 2.49. The van der Waals surface area contributed by atoms with Gasteiger partial charge >= 0.3 is 0 Å². The summed E-state index contributed by atoms with van der Waals surface area (Å²) in [5.74, 6) is 2.01. The molecule has 0 aromatic heterocycles. The Balaban J connectivity index is 2.02. The summed E-state index contributed by atoms with van der Waals surface area (Å²) >= 11 is 0. The van der Waals surface area contributed by atoms with Crippen LogP contribution in [0.1, 0.15) is 46.0 Å². The molecule has 0 aromatic carbocycles. The van der Waals surface area contributed by atoms with E-state index >= 15 is 0 Å². The molecule has 86 valence electrons. The number of nitrogens with zero attached hydrogens (tertiary/aromatic N) is 1. The maximum atomic E-state index is 8.63. The molecule has 0 saturated heterocycles. The lowest BCUT2D eigenvalue weighted by atomic mass is 9.81. The second kappa shape index (κ2) is 6.85. The fourth-order valence-corrected chi connectivity index (χ4v) is 2.49. The molecule has 0 radical (unpaired) electrons. The highest BCUT2D eigenvalue weighted by Gasteiger charge is 2.18. The molecular weight excluding hydrogens is 184 g/mol. The van der Waals surface area contributed by atoms with Crippen LogP contribution in [-0.2, 0) is 0 Å². The Bertz CT molecular complexity index is 207. The first-order valence-corrected chi connectivity index (χ1v) is 6.32. The molecule has 0 bridgehead atoms. The van der Waals surface area contributed by atoms with Gasteiger partial charge in [0, 0.05) is 6.54 Å². The molecule has 1 saturated carbocycles. The van der Waals surface area contributed by atoms with Crippen molar-refractivity contribution in [3.8, 4) is 6.07 Å². The van der Waals surface area contributed by atoms with Crippen LogP contribution in [0, 0.1) is 29.1 Å². The molecule has 1 rings (SSSR count). The summed E-state index contributed by atoms with van der Waals surface area (Å²) in [6.45, 7) is 6.27. The molecule has 2 nitrogen and oxygen atoms in total. The first-order valence-electron chi connectivity index (χ1n) is 6.32. The molecule has 0 amide bonds. The van der Waals surface area contributed by atoms with E-state index in [9.17, 15) is 0 Å². The molecule has 15 heavy (non-hydrogen) atoms. The minimum atomic E-state index is 0.148. The SMILES string of the molecule is CC(C#N)CNCCC1CCCC(C)C1. The summed E-state index contributed by atoms with van der Waals surface area (Å²) < 4.78 is 0. The Labute approximate surface area is 94.1 Å². The summed E-state index contributed by atoms with van der Waals surface area (Å²) in [5, 5.41) is 12.0. The third-order valence-corrected chi connectivity index (χ3v) is 3.45. The van der Waals surface area contributed by atoms with Gasteiger partial charge in [0.15, 0.2) is 0 Å². The highest BCUT2D eigenvalue weighted by atomic mass is 14.8. The summed E-state index contributed by atoms with van der Waals surface area (Å²) in [5.41, 5.74) is 0. The Hall–Kier alpha value is -0.550. The van der Waals surface area contributed by atoms with Gasteiger partial charge in [-0.1, -0.05) is 26.2 Å².